The third-order valence-corrected chi connectivity index (χ3v) is 3.58. The molecule has 1 heterocycles. The van der Waals surface area contributed by atoms with Gasteiger partial charge < -0.3 is 15.0 Å². The largest absolute Gasteiger partial charge is 0.411 e. The van der Waals surface area contributed by atoms with E-state index in [9.17, 15) is 18.0 Å². The summed E-state index contributed by atoms with van der Waals surface area (Å²) in [6.45, 7) is -1.67. The minimum absolute atomic E-state index is 0.176. The van der Waals surface area contributed by atoms with Gasteiger partial charge in [-0.05, 0) is 24.3 Å². The van der Waals surface area contributed by atoms with Crippen LogP contribution < -0.4 is 5.32 Å². The van der Waals surface area contributed by atoms with Crippen LogP contribution in [0.25, 0.3) is 22.4 Å². The molecular formula is C18H16F3N3O2. The molecule has 0 saturated carbocycles. The second-order valence-electron chi connectivity index (χ2n) is 5.61. The van der Waals surface area contributed by atoms with Crippen molar-refractivity contribution in [2.75, 3.05) is 18.5 Å². The highest BCUT2D eigenvalue weighted by Gasteiger charge is 2.27. The number of imidazole rings is 1. The first kappa shape index (κ1) is 17.9. The highest BCUT2D eigenvalue weighted by molar-refractivity contribution is 5.95. The standard InChI is InChI=1S/C18H16F3N3O2/c19-18(20,21)11-26-10-9-16(25)22-13-6-2-1-5-12(13)17-23-14-7-3-4-8-15(14)24-17/h1-8H,9-11H2,(H,22,25)(H,23,24). The van der Waals surface area contributed by atoms with E-state index in [2.05, 4.69) is 20.0 Å². The molecule has 0 atom stereocenters. The van der Waals surface area contributed by atoms with E-state index in [-0.39, 0.29) is 13.0 Å². The van der Waals surface area contributed by atoms with Crippen molar-refractivity contribution < 1.29 is 22.7 Å². The second kappa shape index (κ2) is 7.57. The van der Waals surface area contributed by atoms with Gasteiger partial charge in [-0.2, -0.15) is 13.2 Å². The number of para-hydroxylation sites is 3. The molecule has 0 fully saturated rings. The van der Waals surface area contributed by atoms with Crippen molar-refractivity contribution in [2.45, 2.75) is 12.6 Å². The first-order valence-corrected chi connectivity index (χ1v) is 7.91. The first-order chi connectivity index (χ1) is 12.4. The van der Waals surface area contributed by atoms with Crippen LogP contribution in [0, 0.1) is 0 Å². The molecule has 2 aromatic carbocycles. The van der Waals surface area contributed by atoms with Gasteiger partial charge in [-0.15, -0.1) is 0 Å². The van der Waals surface area contributed by atoms with Crippen LogP contribution >= 0.6 is 0 Å². The number of alkyl halides is 3. The van der Waals surface area contributed by atoms with Crippen molar-refractivity contribution in [1.82, 2.24) is 9.97 Å². The maximum absolute atomic E-state index is 12.0. The van der Waals surface area contributed by atoms with Crippen LogP contribution in [-0.2, 0) is 9.53 Å². The lowest BCUT2D eigenvalue weighted by molar-refractivity contribution is -0.174. The monoisotopic (exact) mass is 363 g/mol. The van der Waals surface area contributed by atoms with Gasteiger partial charge in [0.1, 0.15) is 12.4 Å². The lowest BCUT2D eigenvalue weighted by atomic mass is 10.1. The topological polar surface area (TPSA) is 67.0 Å². The van der Waals surface area contributed by atoms with Crippen molar-refractivity contribution in [3.63, 3.8) is 0 Å². The van der Waals surface area contributed by atoms with Crippen LogP contribution in [0.15, 0.2) is 48.5 Å². The number of nitrogens with one attached hydrogen (secondary N) is 2. The highest BCUT2D eigenvalue weighted by Crippen LogP contribution is 2.27. The molecule has 0 aliphatic heterocycles. The van der Waals surface area contributed by atoms with E-state index in [1.165, 1.54) is 0 Å². The predicted octanol–water partition coefficient (Wildman–Crippen LogP) is 4.14. The molecule has 1 aromatic heterocycles. The molecule has 5 nitrogen and oxygen atoms in total. The number of rotatable bonds is 6. The van der Waals surface area contributed by atoms with Gasteiger partial charge >= 0.3 is 6.18 Å². The molecule has 0 aliphatic carbocycles. The Morgan fingerprint density at radius 2 is 1.85 bits per heavy atom. The maximum atomic E-state index is 12.0. The number of anilines is 1. The second-order valence-corrected chi connectivity index (χ2v) is 5.61. The van der Waals surface area contributed by atoms with Crippen molar-refractivity contribution in [1.29, 1.82) is 0 Å². The summed E-state index contributed by atoms with van der Waals surface area (Å²) in [4.78, 5) is 19.7. The molecule has 0 unspecified atom stereocenters. The Kier molecular flexibility index (Phi) is 5.22. The summed E-state index contributed by atoms with van der Waals surface area (Å²) in [5.74, 6) is 0.158. The summed E-state index contributed by atoms with van der Waals surface area (Å²) in [6.07, 6.45) is -4.57. The minimum Gasteiger partial charge on any atom is -0.372 e. The summed E-state index contributed by atoms with van der Waals surface area (Å²) >= 11 is 0. The Morgan fingerprint density at radius 1 is 1.12 bits per heavy atom. The maximum Gasteiger partial charge on any atom is 0.411 e. The van der Waals surface area contributed by atoms with E-state index >= 15 is 0 Å². The summed E-state index contributed by atoms with van der Waals surface area (Å²) in [5.41, 5.74) is 2.87. The lowest BCUT2D eigenvalue weighted by Gasteiger charge is -2.10. The summed E-state index contributed by atoms with van der Waals surface area (Å²) < 4.78 is 40.5. The lowest BCUT2D eigenvalue weighted by Crippen LogP contribution is -2.20. The Balaban J connectivity index is 1.68. The third kappa shape index (κ3) is 4.60. The number of halogens is 3. The van der Waals surface area contributed by atoms with Crippen LogP contribution in [0.1, 0.15) is 6.42 Å². The molecular weight excluding hydrogens is 347 g/mol. The number of aromatic amines is 1. The summed E-state index contributed by atoms with van der Waals surface area (Å²) in [5, 5.41) is 2.69. The van der Waals surface area contributed by atoms with Gasteiger partial charge in [0, 0.05) is 5.56 Å². The number of hydrogen-bond acceptors (Lipinski definition) is 3. The summed E-state index contributed by atoms with van der Waals surface area (Å²) in [7, 11) is 0. The van der Waals surface area contributed by atoms with Gasteiger partial charge in [0.15, 0.2) is 0 Å². The average Bonchev–Trinajstić information content (AvgIpc) is 3.02. The van der Waals surface area contributed by atoms with E-state index in [1.54, 1.807) is 18.2 Å². The molecule has 0 saturated heterocycles. The van der Waals surface area contributed by atoms with E-state index in [0.717, 1.165) is 11.0 Å². The van der Waals surface area contributed by atoms with Crippen molar-refractivity contribution in [2.24, 2.45) is 0 Å². The fraction of sp³-hybridized carbons (Fsp3) is 0.222. The molecule has 136 valence electrons. The quantitative estimate of drug-likeness (QED) is 0.647. The SMILES string of the molecule is O=C(CCOCC(F)(F)F)Nc1ccccc1-c1nc2ccccc2[nH]1. The number of ether oxygens (including phenoxy) is 1. The van der Waals surface area contributed by atoms with Gasteiger partial charge in [0.2, 0.25) is 5.91 Å². The van der Waals surface area contributed by atoms with Gasteiger partial charge in [0.05, 0.1) is 29.7 Å². The fourth-order valence-electron chi connectivity index (χ4n) is 2.44. The zero-order chi connectivity index (χ0) is 18.6. The van der Waals surface area contributed by atoms with E-state index in [1.807, 2.05) is 30.3 Å². The van der Waals surface area contributed by atoms with E-state index < -0.39 is 18.7 Å². The smallest absolute Gasteiger partial charge is 0.372 e. The van der Waals surface area contributed by atoms with Crippen LogP contribution in [-0.4, -0.2) is 35.3 Å². The van der Waals surface area contributed by atoms with Gasteiger partial charge in [0.25, 0.3) is 0 Å². The molecule has 8 heteroatoms. The number of fused-ring (bicyclic) bond motifs is 1. The van der Waals surface area contributed by atoms with Crippen molar-refractivity contribution >= 4 is 22.6 Å². The van der Waals surface area contributed by atoms with Crippen molar-refractivity contribution in [3.8, 4) is 11.4 Å². The fourth-order valence-corrected chi connectivity index (χ4v) is 2.44. The molecule has 1 amide bonds. The van der Waals surface area contributed by atoms with E-state index in [4.69, 9.17) is 0 Å². The Labute approximate surface area is 147 Å². The van der Waals surface area contributed by atoms with Crippen molar-refractivity contribution in [3.05, 3.63) is 48.5 Å². The van der Waals surface area contributed by atoms with Gasteiger partial charge in [-0.1, -0.05) is 24.3 Å². The Bertz CT molecular complexity index is 873. The van der Waals surface area contributed by atoms with Gasteiger partial charge in [-0.25, -0.2) is 4.98 Å². The molecule has 2 N–H and O–H groups in total. The van der Waals surface area contributed by atoms with Crippen LogP contribution in [0.5, 0.6) is 0 Å². The zero-order valence-corrected chi connectivity index (χ0v) is 13.6. The molecule has 0 spiro atoms. The zero-order valence-electron chi connectivity index (χ0n) is 13.6. The number of benzene rings is 2. The molecule has 26 heavy (non-hydrogen) atoms. The third-order valence-electron chi connectivity index (χ3n) is 3.58. The average molecular weight is 363 g/mol. The van der Waals surface area contributed by atoms with Gasteiger partial charge in [-0.3, -0.25) is 4.79 Å². The Hall–Kier alpha value is -2.87. The van der Waals surface area contributed by atoms with E-state index in [0.29, 0.717) is 17.1 Å². The number of H-pyrrole nitrogens is 1. The number of carbonyl (C=O) groups is 1. The molecule has 3 aromatic rings. The van der Waals surface area contributed by atoms with Crippen LogP contribution in [0.4, 0.5) is 18.9 Å². The molecule has 0 radical (unpaired) electrons. The van der Waals surface area contributed by atoms with Crippen LogP contribution in [0.2, 0.25) is 0 Å². The Morgan fingerprint density at radius 3 is 2.62 bits per heavy atom. The molecule has 3 rings (SSSR count). The normalized spacial score (nSPS) is 11.7. The number of aromatic nitrogens is 2. The number of nitrogens with zero attached hydrogens (tertiary/aromatic N) is 1. The summed E-state index contributed by atoms with van der Waals surface area (Å²) in [6, 6.07) is 14.6. The highest BCUT2D eigenvalue weighted by atomic mass is 19.4. The minimum atomic E-state index is -4.40. The predicted molar refractivity (Wildman–Crippen MR) is 91.7 cm³/mol. The molecule has 0 aliphatic rings. The number of hydrogen-bond donors (Lipinski definition) is 2. The van der Waals surface area contributed by atoms with Crippen LogP contribution in [0.3, 0.4) is 0 Å². The first-order valence-electron chi connectivity index (χ1n) is 7.91. The molecule has 0 bridgehead atoms. The number of carbonyl (C=O) groups excluding carboxylic acids is 1. The number of amides is 1.